The van der Waals surface area contributed by atoms with Crippen LogP contribution in [0.4, 0.5) is 5.82 Å². The third-order valence-corrected chi connectivity index (χ3v) is 6.55. The first-order chi connectivity index (χ1) is 15.7. The van der Waals surface area contributed by atoms with E-state index in [0.717, 1.165) is 59.7 Å². The Morgan fingerprint density at radius 2 is 1.97 bits per heavy atom. The van der Waals surface area contributed by atoms with Gasteiger partial charge in [0.2, 0.25) is 0 Å². The Morgan fingerprint density at radius 1 is 1.12 bits per heavy atom. The van der Waals surface area contributed by atoms with Crippen molar-refractivity contribution in [3.8, 4) is 34.4 Å². The number of nitriles is 1. The van der Waals surface area contributed by atoms with E-state index in [0.29, 0.717) is 5.56 Å². The zero-order chi connectivity index (χ0) is 21.7. The van der Waals surface area contributed by atoms with Crippen molar-refractivity contribution in [1.82, 2.24) is 24.3 Å². The van der Waals surface area contributed by atoms with Crippen molar-refractivity contribution in [1.29, 1.82) is 5.26 Å². The number of nitrogens with zero attached hydrogens (tertiary/aromatic N) is 7. The fourth-order valence-corrected chi connectivity index (χ4v) is 4.83. The zero-order valence-corrected chi connectivity index (χ0v) is 17.9. The van der Waals surface area contributed by atoms with Crippen molar-refractivity contribution >= 4 is 5.82 Å². The molecule has 0 spiro atoms. The smallest absolute Gasteiger partial charge is 0.185 e. The Labute approximate surface area is 186 Å². The third-order valence-electron chi connectivity index (χ3n) is 6.55. The van der Waals surface area contributed by atoms with Crippen LogP contribution in [-0.4, -0.2) is 37.4 Å². The van der Waals surface area contributed by atoms with E-state index in [2.05, 4.69) is 51.0 Å². The van der Waals surface area contributed by atoms with Crippen molar-refractivity contribution in [2.45, 2.75) is 26.3 Å². The van der Waals surface area contributed by atoms with Crippen LogP contribution in [0.2, 0.25) is 0 Å². The number of benzene rings is 1. The van der Waals surface area contributed by atoms with E-state index in [1.165, 1.54) is 18.4 Å². The van der Waals surface area contributed by atoms with Gasteiger partial charge in [-0.2, -0.15) is 5.26 Å². The molecule has 1 saturated heterocycles. The van der Waals surface area contributed by atoms with Gasteiger partial charge in [-0.25, -0.2) is 4.98 Å². The van der Waals surface area contributed by atoms with Crippen LogP contribution in [0.5, 0.6) is 0 Å². The average molecular weight is 422 g/mol. The summed E-state index contributed by atoms with van der Waals surface area (Å²) in [6.45, 7) is 5.18. The normalized spacial score (nSPS) is 14.7. The molecule has 5 heterocycles. The summed E-state index contributed by atoms with van der Waals surface area (Å²) in [6.07, 6.45) is 8.41. The molecule has 0 N–H and O–H groups in total. The van der Waals surface area contributed by atoms with Crippen LogP contribution in [-0.2, 0) is 6.54 Å². The molecule has 6 rings (SSSR count). The Balaban J connectivity index is 1.38. The minimum Gasteiger partial charge on any atom is -0.356 e. The highest BCUT2D eigenvalue weighted by Crippen LogP contribution is 2.35. The Morgan fingerprint density at radius 3 is 2.75 bits per heavy atom. The number of aromatic nitrogens is 5. The van der Waals surface area contributed by atoms with Gasteiger partial charge in [0.05, 0.1) is 29.2 Å². The SMILES string of the molecule is CCCC1CN(c2cc3c(cn2)-n2cnnc2-c2cc(-c4ccc(C#N)cc4)cn2C3)C1. The second-order valence-electron chi connectivity index (χ2n) is 8.69. The number of pyridine rings is 1. The lowest BCUT2D eigenvalue weighted by atomic mass is 9.95. The van der Waals surface area contributed by atoms with Gasteiger partial charge in [0.25, 0.3) is 0 Å². The van der Waals surface area contributed by atoms with Crippen molar-refractivity contribution in [3.63, 3.8) is 0 Å². The lowest BCUT2D eigenvalue weighted by Crippen LogP contribution is -2.47. The van der Waals surface area contributed by atoms with Crippen LogP contribution < -0.4 is 4.90 Å². The molecule has 32 heavy (non-hydrogen) atoms. The molecule has 0 unspecified atom stereocenters. The van der Waals surface area contributed by atoms with Crippen molar-refractivity contribution in [2.75, 3.05) is 18.0 Å². The first-order valence-corrected chi connectivity index (χ1v) is 11.1. The van der Waals surface area contributed by atoms with Gasteiger partial charge in [0, 0.05) is 37.0 Å². The molecular weight excluding hydrogens is 398 g/mol. The lowest BCUT2D eigenvalue weighted by molar-refractivity contribution is 0.378. The summed E-state index contributed by atoms with van der Waals surface area (Å²) in [5.41, 5.74) is 6.09. The molecule has 0 radical (unpaired) electrons. The molecule has 0 atom stereocenters. The molecule has 0 bridgehead atoms. The molecule has 7 nitrogen and oxygen atoms in total. The van der Waals surface area contributed by atoms with E-state index < -0.39 is 0 Å². The fourth-order valence-electron chi connectivity index (χ4n) is 4.83. The van der Waals surface area contributed by atoms with Crippen LogP contribution in [0.1, 0.15) is 30.9 Å². The van der Waals surface area contributed by atoms with Crippen LogP contribution >= 0.6 is 0 Å². The van der Waals surface area contributed by atoms with Crippen molar-refractivity contribution in [3.05, 3.63) is 66.2 Å². The summed E-state index contributed by atoms with van der Waals surface area (Å²) in [5.74, 6) is 2.65. The highest BCUT2D eigenvalue weighted by molar-refractivity contribution is 5.72. The topological polar surface area (TPSA) is 75.6 Å². The molecule has 0 amide bonds. The van der Waals surface area contributed by atoms with Gasteiger partial charge in [-0.1, -0.05) is 25.5 Å². The Kier molecular flexibility index (Phi) is 4.32. The summed E-state index contributed by atoms with van der Waals surface area (Å²) in [4.78, 5) is 7.14. The van der Waals surface area contributed by atoms with E-state index in [9.17, 15) is 0 Å². The van der Waals surface area contributed by atoms with Gasteiger partial charge in [-0.15, -0.1) is 10.2 Å². The molecule has 158 valence electrons. The maximum atomic E-state index is 9.09. The maximum Gasteiger partial charge on any atom is 0.185 e. The molecular formula is C25H23N7. The second kappa shape index (κ2) is 7.34. The number of hydrogen-bond acceptors (Lipinski definition) is 5. The fraction of sp³-hybridized carbons (Fsp3) is 0.280. The summed E-state index contributed by atoms with van der Waals surface area (Å²) < 4.78 is 4.27. The minimum atomic E-state index is 0.662. The first kappa shape index (κ1) is 18.8. The lowest BCUT2D eigenvalue weighted by Gasteiger charge is -2.40. The van der Waals surface area contributed by atoms with Gasteiger partial charge < -0.3 is 9.47 Å². The molecule has 3 aromatic heterocycles. The van der Waals surface area contributed by atoms with Crippen molar-refractivity contribution < 1.29 is 0 Å². The second-order valence-corrected chi connectivity index (χ2v) is 8.69. The molecule has 7 heteroatoms. The van der Waals surface area contributed by atoms with Gasteiger partial charge in [-0.3, -0.25) is 4.57 Å². The van der Waals surface area contributed by atoms with E-state index in [1.807, 2.05) is 35.0 Å². The van der Waals surface area contributed by atoms with E-state index in [4.69, 9.17) is 10.2 Å². The largest absolute Gasteiger partial charge is 0.356 e. The number of hydrogen-bond donors (Lipinski definition) is 0. The summed E-state index contributed by atoms with van der Waals surface area (Å²) in [5, 5.41) is 17.7. The van der Waals surface area contributed by atoms with Crippen LogP contribution in [0.15, 0.2) is 55.1 Å². The molecule has 0 saturated carbocycles. The van der Waals surface area contributed by atoms with E-state index >= 15 is 0 Å². The predicted molar refractivity (Wildman–Crippen MR) is 122 cm³/mol. The predicted octanol–water partition coefficient (Wildman–Crippen LogP) is 4.27. The molecule has 4 aromatic rings. The summed E-state index contributed by atoms with van der Waals surface area (Å²) >= 11 is 0. The zero-order valence-electron chi connectivity index (χ0n) is 17.9. The molecule has 2 aliphatic rings. The highest BCUT2D eigenvalue weighted by atomic mass is 15.3. The van der Waals surface area contributed by atoms with Crippen LogP contribution in [0.3, 0.4) is 0 Å². The molecule has 0 aliphatic carbocycles. The quantitative estimate of drug-likeness (QED) is 0.433. The number of fused-ring (bicyclic) bond motifs is 5. The third kappa shape index (κ3) is 2.99. The van der Waals surface area contributed by atoms with Gasteiger partial charge >= 0.3 is 0 Å². The Hall–Kier alpha value is -3.92. The van der Waals surface area contributed by atoms with E-state index in [-0.39, 0.29) is 0 Å². The first-order valence-electron chi connectivity index (χ1n) is 11.1. The molecule has 1 aromatic carbocycles. The van der Waals surface area contributed by atoms with E-state index in [1.54, 1.807) is 6.33 Å². The maximum absolute atomic E-state index is 9.09. The monoisotopic (exact) mass is 421 g/mol. The summed E-state index contributed by atoms with van der Waals surface area (Å²) in [6, 6.07) is 14.2. The van der Waals surface area contributed by atoms with Gasteiger partial charge in [0.15, 0.2) is 5.82 Å². The molecule has 2 aliphatic heterocycles. The van der Waals surface area contributed by atoms with Crippen LogP contribution in [0, 0.1) is 17.2 Å². The highest BCUT2D eigenvalue weighted by Gasteiger charge is 2.28. The minimum absolute atomic E-state index is 0.662. The molecule has 1 fully saturated rings. The van der Waals surface area contributed by atoms with Crippen molar-refractivity contribution in [2.24, 2.45) is 5.92 Å². The number of anilines is 1. The van der Waals surface area contributed by atoms with Gasteiger partial charge in [-0.05, 0) is 42.2 Å². The number of rotatable bonds is 4. The van der Waals surface area contributed by atoms with Crippen LogP contribution in [0.25, 0.3) is 28.3 Å². The standard InChI is InChI=1S/C25H23N7/c1-2-3-18-12-31(13-18)24-9-21-15-30-14-20(19-6-4-17(10-26)5-7-19)8-22(30)25-29-28-16-32(25)23(21)11-27-24/h4-9,11,14,16,18H,2-3,12-13,15H2,1H3. The Bertz CT molecular complexity index is 1330. The summed E-state index contributed by atoms with van der Waals surface area (Å²) in [7, 11) is 0. The average Bonchev–Trinajstić information content (AvgIpc) is 3.41. The van der Waals surface area contributed by atoms with Gasteiger partial charge in [0.1, 0.15) is 12.1 Å².